The molecule has 5 rings (SSSR count). The van der Waals surface area contributed by atoms with E-state index in [1.54, 1.807) is 44.6 Å². The van der Waals surface area contributed by atoms with E-state index in [0.717, 1.165) is 0 Å². The highest BCUT2D eigenvalue weighted by atomic mass is 16.3. The summed E-state index contributed by atoms with van der Waals surface area (Å²) in [5, 5.41) is 44.4. The van der Waals surface area contributed by atoms with Gasteiger partial charge >= 0.3 is 0 Å². The Bertz CT molecular complexity index is 1400. The molecule has 1 heterocycles. The maximum Gasteiger partial charge on any atom is 0.255 e. The average Bonchev–Trinajstić information content (AvgIpc) is 2.81. The second-order valence-corrected chi connectivity index (χ2v) is 9.66. The van der Waals surface area contributed by atoms with Gasteiger partial charge in [-0.1, -0.05) is 6.07 Å². The Morgan fingerprint density at radius 3 is 2.47 bits per heavy atom. The number of fused-ring (bicyclic) bond motifs is 3. The minimum Gasteiger partial charge on any atom is -0.510 e. The molecule has 1 aromatic carbocycles. The minimum atomic E-state index is -2.65. The number of nitrogens with two attached hydrogens (primary N) is 1. The number of hydrogen-bond donors (Lipinski definition) is 5. The molecule has 10 heteroatoms. The molecule has 4 atom stereocenters. The van der Waals surface area contributed by atoms with Crippen LogP contribution in [0.1, 0.15) is 22.3 Å². The largest absolute Gasteiger partial charge is 0.510 e. The topological polar surface area (TPSA) is 174 Å². The number of allylic oxidation sites excluding steroid dienone is 1. The Morgan fingerprint density at radius 1 is 1.14 bits per heavy atom. The van der Waals surface area contributed by atoms with Crippen LogP contribution in [-0.4, -0.2) is 73.5 Å². The van der Waals surface area contributed by atoms with Crippen molar-refractivity contribution in [3.8, 4) is 17.0 Å². The van der Waals surface area contributed by atoms with Gasteiger partial charge in [0.2, 0.25) is 5.78 Å². The number of rotatable bonds is 3. The van der Waals surface area contributed by atoms with Gasteiger partial charge in [-0.05, 0) is 62.7 Å². The summed E-state index contributed by atoms with van der Waals surface area (Å²) in [5.74, 6) is -6.74. The van der Waals surface area contributed by atoms with Gasteiger partial charge in [-0.2, -0.15) is 0 Å². The molecule has 0 saturated carbocycles. The molecule has 3 aliphatic rings. The molecule has 0 unspecified atom stereocenters. The lowest BCUT2D eigenvalue weighted by Crippen LogP contribution is -2.63. The molecule has 0 radical (unpaired) electrons. The number of carbonyl (C=O) groups excluding carboxylic acids is 3. The van der Waals surface area contributed by atoms with Crippen LogP contribution in [-0.2, 0) is 16.0 Å². The number of phenols is 1. The number of likely N-dealkylation sites (N-methyl/N-ethyl adjacent to an activating group) is 1. The van der Waals surface area contributed by atoms with Gasteiger partial charge in [-0.15, -0.1) is 0 Å². The number of Topliss-reactive ketones (excluding diaryl/α,β-unsaturated/α-hetero) is 2. The number of aromatic hydroxyl groups is 1. The number of carbonyl (C=O) groups is 3. The normalized spacial score (nSPS) is 27.6. The Kier molecular flexibility index (Phi) is 5.27. The molecule has 0 saturated heterocycles. The second-order valence-electron chi connectivity index (χ2n) is 9.66. The fraction of sp³-hybridized carbons (Fsp3) is 0.308. The maximum absolute atomic E-state index is 13.7. The Labute approximate surface area is 206 Å². The summed E-state index contributed by atoms with van der Waals surface area (Å²) < 4.78 is 0. The highest BCUT2D eigenvalue weighted by molar-refractivity contribution is 6.24. The summed E-state index contributed by atoms with van der Waals surface area (Å²) in [4.78, 5) is 44.9. The van der Waals surface area contributed by atoms with Crippen molar-refractivity contribution in [1.29, 1.82) is 0 Å². The van der Waals surface area contributed by atoms with Crippen molar-refractivity contribution in [3.63, 3.8) is 0 Å². The van der Waals surface area contributed by atoms with Gasteiger partial charge < -0.3 is 26.2 Å². The van der Waals surface area contributed by atoms with Crippen LogP contribution in [0.5, 0.6) is 5.75 Å². The molecule has 6 N–H and O–H groups in total. The van der Waals surface area contributed by atoms with Crippen molar-refractivity contribution in [3.05, 3.63) is 70.3 Å². The number of nitrogens with zero attached hydrogens (tertiary/aromatic N) is 2. The van der Waals surface area contributed by atoms with Crippen molar-refractivity contribution >= 4 is 17.5 Å². The zero-order chi connectivity index (χ0) is 26.1. The number of primary amides is 1. The molecule has 0 fully saturated rings. The van der Waals surface area contributed by atoms with Crippen molar-refractivity contribution in [1.82, 2.24) is 9.88 Å². The number of hydrogen-bond acceptors (Lipinski definition) is 9. The number of pyridine rings is 1. The summed E-state index contributed by atoms with van der Waals surface area (Å²) in [6.07, 6.45) is 1.84. The van der Waals surface area contributed by atoms with E-state index in [1.165, 1.54) is 11.0 Å². The second kappa shape index (κ2) is 8.00. The van der Waals surface area contributed by atoms with Gasteiger partial charge in [-0.3, -0.25) is 24.3 Å². The molecule has 10 nitrogen and oxygen atoms in total. The first kappa shape index (κ1) is 23.7. The van der Waals surface area contributed by atoms with Crippen LogP contribution in [0.3, 0.4) is 0 Å². The molecule has 2 aromatic rings. The summed E-state index contributed by atoms with van der Waals surface area (Å²) in [6.45, 7) is 0. The first-order valence-electron chi connectivity index (χ1n) is 11.4. The molecule has 0 spiro atoms. The highest BCUT2D eigenvalue weighted by Crippen LogP contribution is 2.52. The lowest BCUT2D eigenvalue weighted by Gasteiger charge is -2.50. The van der Waals surface area contributed by atoms with Crippen molar-refractivity contribution < 1.29 is 34.8 Å². The van der Waals surface area contributed by atoms with Crippen LogP contribution >= 0.6 is 0 Å². The quantitative estimate of drug-likeness (QED) is 0.395. The zero-order valence-electron chi connectivity index (χ0n) is 19.6. The molecule has 1 amide bonds. The van der Waals surface area contributed by atoms with E-state index in [1.807, 2.05) is 0 Å². The third-order valence-corrected chi connectivity index (χ3v) is 7.55. The van der Waals surface area contributed by atoms with Gasteiger partial charge in [0.15, 0.2) is 11.4 Å². The summed E-state index contributed by atoms with van der Waals surface area (Å²) in [5.41, 5.74) is 3.39. The first-order chi connectivity index (χ1) is 17.0. The van der Waals surface area contributed by atoms with E-state index < -0.39 is 58.0 Å². The van der Waals surface area contributed by atoms with E-state index in [9.17, 15) is 34.8 Å². The molecular formula is C26H25N3O7. The number of benzene rings is 1. The standard InChI is InChI=1S/C26H25N3O7/c1-29(2)20-14-10-11-9-13-12(15-5-3-4-8-28-15)6-7-16(30)18(13)21(31)17(11)23(33)26(14,36)24(34)19(22(20)32)25(27)35/h3-8,11,14,20,30,32-33,36H,9-10H2,1-2H3,(H2,27,35)/t11-,14-,20+,26+/m1/s1. The fourth-order valence-corrected chi connectivity index (χ4v) is 6.01. The maximum atomic E-state index is 13.7. The van der Waals surface area contributed by atoms with E-state index in [2.05, 4.69) is 4.98 Å². The number of ketones is 2. The third-order valence-electron chi connectivity index (χ3n) is 7.55. The predicted molar refractivity (Wildman–Crippen MR) is 127 cm³/mol. The molecule has 36 heavy (non-hydrogen) atoms. The summed E-state index contributed by atoms with van der Waals surface area (Å²) >= 11 is 0. The molecule has 0 bridgehead atoms. The number of amides is 1. The van der Waals surface area contributed by atoms with E-state index in [-0.39, 0.29) is 29.7 Å². The Morgan fingerprint density at radius 2 is 1.86 bits per heavy atom. The molecule has 186 valence electrons. The van der Waals surface area contributed by atoms with Crippen LogP contribution in [0.2, 0.25) is 0 Å². The van der Waals surface area contributed by atoms with Gasteiger partial charge in [0.05, 0.1) is 17.3 Å². The molecule has 3 aliphatic carbocycles. The van der Waals surface area contributed by atoms with E-state index in [0.29, 0.717) is 16.8 Å². The van der Waals surface area contributed by atoms with Gasteiger partial charge in [0.1, 0.15) is 22.8 Å². The van der Waals surface area contributed by atoms with Crippen molar-refractivity contribution in [2.24, 2.45) is 17.6 Å². The molecule has 0 aliphatic heterocycles. The number of phenolic OH excluding ortho intramolecular Hbond substituents is 1. The summed E-state index contributed by atoms with van der Waals surface area (Å²) in [6, 6.07) is 7.32. The van der Waals surface area contributed by atoms with Gasteiger partial charge in [0, 0.05) is 23.3 Å². The van der Waals surface area contributed by atoms with Gasteiger partial charge in [0.25, 0.3) is 5.91 Å². The fourth-order valence-electron chi connectivity index (χ4n) is 6.01. The zero-order valence-corrected chi connectivity index (χ0v) is 19.6. The van der Waals surface area contributed by atoms with Crippen LogP contribution in [0.15, 0.2) is 59.2 Å². The third kappa shape index (κ3) is 3.04. The molecular weight excluding hydrogens is 466 g/mol. The van der Waals surface area contributed by atoms with Crippen molar-refractivity contribution in [2.45, 2.75) is 24.5 Å². The minimum absolute atomic E-state index is 0.0308. The number of aliphatic hydroxyl groups is 3. The Balaban J connectivity index is 1.73. The van der Waals surface area contributed by atoms with Crippen LogP contribution < -0.4 is 5.73 Å². The van der Waals surface area contributed by atoms with Crippen LogP contribution in [0.25, 0.3) is 11.3 Å². The van der Waals surface area contributed by atoms with E-state index >= 15 is 0 Å². The lowest BCUT2D eigenvalue weighted by molar-refractivity contribution is -0.148. The monoisotopic (exact) mass is 491 g/mol. The van der Waals surface area contributed by atoms with Crippen LogP contribution in [0.4, 0.5) is 0 Å². The van der Waals surface area contributed by atoms with Gasteiger partial charge in [-0.25, -0.2) is 0 Å². The first-order valence-corrected chi connectivity index (χ1v) is 11.4. The SMILES string of the molecule is CN(C)[C@@H]1C(O)=C(C(N)=O)C(=O)[C@@]2(O)C(O)=C3C(=O)c4c(O)ccc(-c5ccccn5)c4C[C@@H]3C[C@H]12. The predicted octanol–water partition coefficient (Wildman–Crippen LogP) is 1.18. The number of aliphatic hydroxyl groups excluding tert-OH is 2. The molecule has 1 aromatic heterocycles. The number of aromatic nitrogens is 1. The van der Waals surface area contributed by atoms with E-state index in [4.69, 9.17) is 5.73 Å². The average molecular weight is 492 g/mol. The smallest absolute Gasteiger partial charge is 0.255 e. The lowest BCUT2D eigenvalue weighted by atomic mass is 9.58. The van der Waals surface area contributed by atoms with Crippen molar-refractivity contribution in [2.75, 3.05) is 14.1 Å². The summed E-state index contributed by atoms with van der Waals surface area (Å²) in [7, 11) is 3.18. The highest BCUT2D eigenvalue weighted by Gasteiger charge is 2.63. The van der Waals surface area contributed by atoms with Crippen LogP contribution in [0, 0.1) is 11.8 Å². The Hall–Kier alpha value is -4.02.